The summed E-state index contributed by atoms with van der Waals surface area (Å²) in [6.07, 6.45) is 3.40. The third-order valence-electron chi connectivity index (χ3n) is 4.01. The van der Waals surface area contributed by atoms with Crippen LogP contribution in [0.25, 0.3) is 0 Å². The molecule has 3 rings (SSSR count). The molecule has 1 atom stereocenters. The van der Waals surface area contributed by atoms with E-state index in [1.807, 2.05) is 24.3 Å². The third-order valence-corrected chi connectivity index (χ3v) is 4.01. The fourth-order valence-corrected chi connectivity index (χ4v) is 2.71. The number of anilines is 1. The van der Waals surface area contributed by atoms with Crippen molar-refractivity contribution in [2.75, 3.05) is 4.90 Å². The minimum atomic E-state index is -0.305. The van der Waals surface area contributed by atoms with Crippen molar-refractivity contribution in [2.45, 2.75) is 19.3 Å². The summed E-state index contributed by atoms with van der Waals surface area (Å²) in [5, 5.41) is 9.34. The SMILES string of the molecule is CC(Cc1ccc(N2C(=O)C=CC2=O)cc1)c1ccc(O)cc1. The zero-order valence-corrected chi connectivity index (χ0v) is 12.8. The Labute approximate surface area is 134 Å². The molecule has 1 aliphatic rings. The highest BCUT2D eigenvalue weighted by Crippen LogP contribution is 2.25. The number of phenols is 1. The molecule has 2 aromatic rings. The Bertz CT molecular complexity index is 742. The van der Waals surface area contributed by atoms with Crippen LogP contribution in [-0.4, -0.2) is 16.9 Å². The molecule has 4 nitrogen and oxygen atoms in total. The van der Waals surface area contributed by atoms with E-state index < -0.39 is 0 Å². The van der Waals surface area contributed by atoms with Crippen LogP contribution in [0.4, 0.5) is 5.69 Å². The van der Waals surface area contributed by atoms with Gasteiger partial charge >= 0.3 is 0 Å². The fraction of sp³-hybridized carbons (Fsp3) is 0.158. The number of imide groups is 1. The van der Waals surface area contributed by atoms with E-state index in [1.54, 1.807) is 24.3 Å². The number of phenolic OH excluding ortho intramolecular Hbond substituents is 1. The monoisotopic (exact) mass is 307 g/mol. The number of aromatic hydroxyl groups is 1. The maximum atomic E-state index is 11.7. The summed E-state index contributed by atoms with van der Waals surface area (Å²) in [7, 11) is 0. The van der Waals surface area contributed by atoms with Crippen LogP contribution < -0.4 is 4.90 Å². The van der Waals surface area contributed by atoms with Gasteiger partial charge in [-0.15, -0.1) is 0 Å². The molecule has 116 valence electrons. The Hall–Kier alpha value is -2.88. The molecule has 1 N–H and O–H groups in total. The highest BCUT2D eigenvalue weighted by atomic mass is 16.3. The van der Waals surface area contributed by atoms with E-state index in [1.165, 1.54) is 12.2 Å². The number of amides is 2. The first-order valence-electron chi connectivity index (χ1n) is 7.48. The van der Waals surface area contributed by atoms with Gasteiger partial charge in [0.1, 0.15) is 5.75 Å². The van der Waals surface area contributed by atoms with Gasteiger partial charge in [0, 0.05) is 12.2 Å². The van der Waals surface area contributed by atoms with Crippen molar-refractivity contribution in [3.05, 3.63) is 71.8 Å². The summed E-state index contributed by atoms with van der Waals surface area (Å²) in [5.41, 5.74) is 2.87. The highest BCUT2D eigenvalue weighted by Gasteiger charge is 2.24. The Morgan fingerprint density at radius 1 is 0.913 bits per heavy atom. The van der Waals surface area contributed by atoms with Gasteiger partial charge in [-0.2, -0.15) is 0 Å². The van der Waals surface area contributed by atoms with Crippen molar-refractivity contribution in [1.82, 2.24) is 0 Å². The maximum Gasteiger partial charge on any atom is 0.258 e. The molecular weight excluding hydrogens is 290 g/mol. The van der Waals surface area contributed by atoms with Gasteiger partial charge in [0.05, 0.1) is 5.69 Å². The molecule has 0 spiro atoms. The van der Waals surface area contributed by atoms with Crippen LogP contribution in [0.3, 0.4) is 0 Å². The molecule has 1 heterocycles. The van der Waals surface area contributed by atoms with Crippen molar-refractivity contribution in [1.29, 1.82) is 0 Å². The Kier molecular flexibility index (Phi) is 3.98. The number of rotatable bonds is 4. The summed E-state index contributed by atoms with van der Waals surface area (Å²) in [6, 6.07) is 14.7. The van der Waals surface area contributed by atoms with Crippen LogP contribution >= 0.6 is 0 Å². The van der Waals surface area contributed by atoms with Gasteiger partial charge in [-0.25, -0.2) is 4.90 Å². The molecule has 2 aromatic carbocycles. The van der Waals surface area contributed by atoms with E-state index in [0.717, 1.165) is 22.4 Å². The number of carbonyl (C=O) groups is 2. The molecule has 23 heavy (non-hydrogen) atoms. The average Bonchev–Trinajstić information content (AvgIpc) is 2.88. The van der Waals surface area contributed by atoms with Crippen molar-refractivity contribution in [3.8, 4) is 5.75 Å². The largest absolute Gasteiger partial charge is 0.508 e. The van der Waals surface area contributed by atoms with E-state index in [9.17, 15) is 14.7 Å². The lowest BCUT2D eigenvalue weighted by molar-refractivity contribution is -0.119. The van der Waals surface area contributed by atoms with Crippen molar-refractivity contribution in [2.24, 2.45) is 0 Å². The second kappa shape index (κ2) is 6.08. The minimum absolute atomic E-state index is 0.263. The molecule has 0 aromatic heterocycles. The quantitative estimate of drug-likeness (QED) is 0.883. The molecule has 0 saturated carbocycles. The summed E-state index contributed by atoms with van der Waals surface area (Å²) in [4.78, 5) is 24.5. The molecule has 0 fully saturated rings. The van der Waals surface area contributed by atoms with E-state index in [4.69, 9.17) is 0 Å². The van der Waals surface area contributed by atoms with Gasteiger partial charge in [0.25, 0.3) is 11.8 Å². The third kappa shape index (κ3) is 3.16. The number of nitrogens with zero attached hydrogens (tertiary/aromatic N) is 1. The molecule has 1 unspecified atom stereocenters. The number of hydrogen-bond donors (Lipinski definition) is 1. The van der Waals surface area contributed by atoms with E-state index in [0.29, 0.717) is 11.6 Å². The van der Waals surface area contributed by atoms with Crippen LogP contribution in [0.1, 0.15) is 24.0 Å². The van der Waals surface area contributed by atoms with E-state index >= 15 is 0 Å². The second-order valence-electron chi connectivity index (χ2n) is 5.71. The van der Waals surface area contributed by atoms with Gasteiger partial charge < -0.3 is 5.11 Å². The molecule has 4 heteroatoms. The van der Waals surface area contributed by atoms with E-state index in [-0.39, 0.29) is 17.6 Å². The summed E-state index contributed by atoms with van der Waals surface area (Å²) in [6.45, 7) is 2.12. The topological polar surface area (TPSA) is 57.6 Å². The highest BCUT2D eigenvalue weighted by molar-refractivity contribution is 6.28. The molecule has 0 radical (unpaired) electrons. The molecule has 1 aliphatic heterocycles. The van der Waals surface area contributed by atoms with Crippen LogP contribution in [0, 0.1) is 0 Å². The summed E-state index contributed by atoms with van der Waals surface area (Å²) >= 11 is 0. The van der Waals surface area contributed by atoms with Crippen molar-refractivity contribution >= 4 is 17.5 Å². The van der Waals surface area contributed by atoms with Crippen LogP contribution in [-0.2, 0) is 16.0 Å². The Balaban J connectivity index is 1.71. The predicted octanol–water partition coefficient (Wildman–Crippen LogP) is 3.17. The van der Waals surface area contributed by atoms with Crippen LogP contribution in [0.2, 0.25) is 0 Å². The second-order valence-corrected chi connectivity index (χ2v) is 5.71. The lowest BCUT2D eigenvalue weighted by atomic mass is 9.93. The zero-order valence-electron chi connectivity index (χ0n) is 12.8. The smallest absolute Gasteiger partial charge is 0.258 e. The number of benzene rings is 2. The number of hydrogen-bond acceptors (Lipinski definition) is 3. The maximum absolute atomic E-state index is 11.7. The molecule has 2 amide bonds. The summed E-state index contributed by atoms with van der Waals surface area (Å²) in [5.74, 6) is -0.0440. The lowest BCUT2D eigenvalue weighted by Gasteiger charge is -2.16. The first-order valence-corrected chi connectivity index (χ1v) is 7.48. The molecule has 0 saturated heterocycles. The standard InChI is InChI=1S/C19H17NO3/c1-13(15-4-8-17(21)9-5-15)12-14-2-6-16(7-3-14)20-18(22)10-11-19(20)23/h2-11,13,21H,12H2,1H3. The summed E-state index contributed by atoms with van der Waals surface area (Å²) < 4.78 is 0. The lowest BCUT2D eigenvalue weighted by Crippen LogP contribution is -2.29. The van der Waals surface area contributed by atoms with Crippen molar-refractivity contribution in [3.63, 3.8) is 0 Å². The molecule has 0 bridgehead atoms. The van der Waals surface area contributed by atoms with Gasteiger partial charge in [0.2, 0.25) is 0 Å². The normalized spacial score (nSPS) is 15.3. The molecule has 0 aliphatic carbocycles. The van der Waals surface area contributed by atoms with Gasteiger partial charge in [-0.05, 0) is 47.7 Å². The van der Waals surface area contributed by atoms with Gasteiger partial charge in [0.15, 0.2) is 0 Å². The number of carbonyl (C=O) groups excluding carboxylic acids is 2. The van der Waals surface area contributed by atoms with Crippen LogP contribution in [0.5, 0.6) is 5.75 Å². The Morgan fingerprint density at radius 2 is 1.48 bits per heavy atom. The fourth-order valence-electron chi connectivity index (χ4n) is 2.71. The Morgan fingerprint density at radius 3 is 2.04 bits per heavy atom. The van der Waals surface area contributed by atoms with Gasteiger partial charge in [-0.1, -0.05) is 31.2 Å². The van der Waals surface area contributed by atoms with Crippen LogP contribution in [0.15, 0.2) is 60.7 Å². The molecular formula is C19H17NO3. The van der Waals surface area contributed by atoms with Crippen molar-refractivity contribution < 1.29 is 14.7 Å². The average molecular weight is 307 g/mol. The predicted molar refractivity (Wildman–Crippen MR) is 88.3 cm³/mol. The first kappa shape index (κ1) is 15.0. The van der Waals surface area contributed by atoms with Gasteiger partial charge in [-0.3, -0.25) is 9.59 Å². The minimum Gasteiger partial charge on any atom is -0.508 e. The van der Waals surface area contributed by atoms with E-state index in [2.05, 4.69) is 6.92 Å². The first-order chi connectivity index (χ1) is 11.0. The zero-order chi connectivity index (χ0) is 16.4.